The summed E-state index contributed by atoms with van der Waals surface area (Å²) in [7, 11) is 0. The van der Waals surface area contributed by atoms with Crippen LogP contribution >= 0.6 is 22.9 Å². The second kappa shape index (κ2) is 8.92. The number of amides is 1. The first-order valence-corrected chi connectivity index (χ1v) is 9.65. The first kappa shape index (κ1) is 19.3. The van der Waals surface area contributed by atoms with Gasteiger partial charge in [-0.3, -0.25) is 14.7 Å². The van der Waals surface area contributed by atoms with Crippen molar-refractivity contribution in [3.63, 3.8) is 0 Å². The largest absolute Gasteiger partial charge is 0.484 e. The molecule has 0 unspecified atom stereocenters. The molecule has 0 aliphatic rings. The van der Waals surface area contributed by atoms with Crippen LogP contribution in [0.25, 0.3) is 10.6 Å². The highest BCUT2D eigenvalue weighted by atomic mass is 35.5. The van der Waals surface area contributed by atoms with Gasteiger partial charge in [0.2, 0.25) is 5.13 Å². The Kier molecular flexibility index (Phi) is 6.36. The van der Waals surface area contributed by atoms with Gasteiger partial charge in [-0.05, 0) is 42.3 Å². The molecule has 0 saturated heterocycles. The molecule has 1 aromatic carbocycles. The van der Waals surface area contributed by atoms with Gasteiger partial charge >= 0.3 is 0 Å². The summed E-state index contributed by atoms with van der Waals surface area (Å²) >= 11 is 7.22. The molecule has 0 aliphatic carbocycles. The van der Waals surface area contributed by atoms with Gasteiger partial charge in [0.25, 0.3) is 5.91 Å². The van der Waals surface area contributed by atoms with E-state index in [-0.39, 0.29) is 18.4 Å². The van der Waals surface area contributed by atoms with E-state index in [1.807, 2.05) is 26.0 Å². The van der Waals surface area contributed by atoms with Crippen LogP contribution in [0.4, 0.5) is 5.13 Å². The maximum atomic E-state index is 12.8. The van der Waals surface area contributed by atoms with Gasteiger partial charge in [-0.1, -0.05) is 36.8 Å². The second-order valence-electron chi connectivity index (χ2n) is 6.27. The second-order valence-corrected chi connectivity index (χ2v) is 7.66. The van der Waals surface area contributed by atoms with Gasteiger partial charge in [-0.25, -0.2) is 0 Å². The molecule has 0 spiro atoms. The van der Waals surface area contributed by atoms with E-state index < -0.39 is 0 Å². The van der Waals surface area contributed by atoms with Gasteiger partial charge in [0.05, 0.1) is 0 Å². The molecule has 8 heteroatoms. The number of nitrogens with zero attached hydrogens (tertiary/aromatic N) is 4. The van der Waals surface area contributed by atoms with Gasteiger partial charge in [0, 0.05) is 29.5 Å². The van der Waals surface area contributed by atoms with Crippen LogP contribution in [0, 0.1) is 5.92 Å². The summed E-state index contributed by atoms with van der Waals surface area (Å²) in [6.07, 6.45) is 3.43. The van der Waals surface area contributed by atoms with Crippen LogP contribution in [-0.4, -0.2) is 34.2 Å². The number of hydrogen-bond acceptors (Lipinski definition) is 6. The van der Waals surface area contributed by atoms with Crippen LogP contribution in [0.5, 0.6) is 5.75 Å². The minimum atomic E-state index is -0.174. The topological polar surface area (TPSA) is 68.2 Å². The summed E-state index contributed by atoms with van der Waals surface area (Å²) in [5.74, 6) is 0.688. The van der Waals surface area contributed by atoms with Crippen molar-refractivity contribution < 1.29 is 9.53 Å². The summed E-state index contributed by atoms with van der Waals surface area (Å²) in [5.41, 5.74) is 0.871. The Morgan fingerprint density at radius 1 is 1.22 bits per heavy atom. The zero-order valence-corrected chi connectivity index (χ0v) is 16.6. The van der Waals surface area contributed by atoms with Crippen molar-refractivity contribution in [2.75, 3.05) is 18.1 Å². The number of rotatable bonds is 7. The lowest BCUT2D eigenvalue weighted by Gasteiger charge is -2.21. The maximum Gasteiger partial charge on any atom is 0.266 e. The fraction of sp³-hybridized carbons (Fsp3) is 0.263. The SMILES string of the molecule is CC(C)CN(C(=O)COc1ccc(Cl)cc1)c1nnc(-c2cccnc2)s1. The number of ether oxygens (including phenoxy) is 1. The molecule has 3 aromatic rings. The normalized spacial score (nSPS) is 10.8. The van der Waals surface area contributed by atoms with Gasteiger partial charge in [-0.2, -0.15) is 0 Å². The Morgan fingerprint density at radius 3 is 2.67 bits per heavy atom. The predicted molar refractivity (Wildman–Crippen MR) is 107 cm³/mol. The zero-order valence-electron chi connectivity index (χ0n) is 15.0. The number of benzene rings is 1. The molecule has 2 heterocycles. The number of aromatic nitrogens is 3. The molecular formula is C19H19ClN4O2S. The van der Waals surface area contributed by atoms with Gasteiger partial charge in [0.15, 0.2) is 11.6 Å². The van der Waals surface area contributed by atoms with Crippen molar-refractivity contribution in [2.24, 2.45) is 5.92 Å². The lowest BCUT2D eigenvalue weighted by Crippen LogP contribution is -2.37. The molecule has 6 nitrogen and oxygen atoms in total. The van der Waals surface area contributed by atoms with Crippen LogP contribution in [0.1, 0.15) is 13.8 Å². The Hall–Kier alpha value is -2.51. The van der Waals surface area contributed by atoms with E-state index in [4.69, 9.17) is 16.3 Å². The smallest absolute Gasteiger partial charge is 0.266 e. The molecule has 0 aliphatic heterocycles. The molecule has 0 fully saturated rings. The van der Waals surface area contributed by atoms with Crippen LogP contribution in [0.3, 0.4) is 0 Å². The quantitative estimate of drug-likeness (QED) is 0.588. The molecule has 0 N–H and O–H groups in total. The highest BCUT2D eigenvalue weighted by Crippen LogP contribution is 2.28. The van der Waals surface area contributed by atoms with E-state index in [1.54, 1.807) is 41.6 Å². The summed E-state index contributed by atoms with van der Waals surface area (Å²) in [4.78, 5) is 18.5. The fourth-order valence-electron chi connectivity index (χ4n) is 2.34. The Bertz CT molecular complexity index is 884. The van der Waals surface area contributed by atoms with Crippen LogP contribution in [0.2, 0.25) is 5.02 Å². The van der Waals surface area contributed by atoms with Gasteiger partial charge < -0.3 is 4.74 Å². The molecule has 0 radical (unpaired) electrons. The first-order chi connectivity index (χ1) is 13.0. The number of pyridine rings is 1. The number of carbonyl (C=O) groups is 1. The number of hydrogen-bond donors (Lipinski definition) is 0. The van der Waals surface area contributed by atoms with E-state index in [2.05, 4.69) is 15.2 Å². The van der Waals surface area contributed by atoms with Crippen LogP contribution in [0.15, 0.2) is 48.8 Å². The predicted octanol–water partition coefficient (Wildman–Crippen LogP) is 4.32. The van der Waals surface area contributed by atoms with Crippen LogP contribution in [-0.2, 0) is 4.79 Å². The van der Waals surface area contributed by atoms with Crippen molar-refractivity contribution in [2.45, 2.75) is 13.8 Å². The van der Waals surface area contributed by atoms with E-state index in [0.29, 0.717) is 22.4 Å². The van der Waals surface area contributed by atoms with Crippen molar-refractivity contribution in [1.29, 1.82) is 0 Å². The maximum absolute atomic E-state index is 12.8. The Morgan fingerprint density at radius 2 is 2.00 bits per heavy atom. The Labute approximate surface area is 166 Å². The number of carbonyl (C=O) groups excluding carboxylic acids is 1. The molecule has 3 rings (SSSR count). The molecule has 1 amide bonds. The Balaban J connectivity index is 1.74. The highest BCUT2D eigenvalue weighted by molar-refractivity contribution is 7.18. The molecular weight excluding hydrogens is 384 g/mol. The summed E-state index contributed by atoms with van der Waals surface area (Å²) in [6, 6.07) is 10.7. The zero-order chi connectivity index (χ0) is 19.2. The van der Waals surface area contributed by atoms with Crippen molar-refractivity contribution in [3.05, 3.63) is 53.8 Å². The first-order valence-electron chi connectivity index (χ1n) is 8.45. The molecule has 140 valence electrons. The van der Waals surface area contributed by atoms with E-state index in [0.717, 1.165) is 10.6 Å². The minimum absolute atomic E-state index is 0.0871. The molecule has 0 saturated carbocycles. The summed E-state index contributed by atoms with van der Waals surface area (Å²) < 4.78 is 5.59. The minimum Gasteiger partial charge on any atom is -0.484 e. The standard InChI is InChI=1S/C19H19ClN4O2S/c1-13(2)11-24(17(25)12-26-16-7-5-15(20)6-8-16)19-23-22-18(27-19)14-4-3-9-21-10-14/h3-10,13H,11-12H2,1-2H3. The fourth-order valence-corrected chi connectivity index (χ4v) is 3.32. The molecule has 0 atom stereocenters. The van der Waals surface area contributed by atoms with E-state index >= 15 is 0 Å². The summed E-state index contributed by atoms with van der Waals surface area (Å²) in [6.45, 7) is 4.54. The molecule has 0 bridgehead atoms. The van der Waals surface area contributed by atoms with E-state index in [1.165, 1.54) is 11.3 Å². The molecule has 2 aromatic heterocycles. The van der Waals surface area contributed by atoms with Crippen LogP contribution < -0.4 is 9.64 Å². The van der Waals surface area contributed by atoms with Gasteiger partial charge in [-0.15, -0.1) is 10.2 Å². The van der Waals surface area contributed by atoms with Gasteiger partial charge in [0.1, 0.15) is 5.75 Å². The third kappa shape index (κ3) is 5.24. The van der Waals surface area contributed by atoms with Crippen molar-refractivity contribution >= 4 is 34.0 Å². The third-order valence-corrected chi connectivity index (χ3v) is 4.83. The summed E-state index contributed by atoms with van der Waals surface area (Å²) in [5, 5.41) is 10.3. The number of anilines is 1. The lowest BCUT2D eigenvalue weighted by atomic mass is 10.2. The monoisotopic (exact) mass is 402 g/mol. The lowest BCUT2D eigenvalue weighted by molar-refractivity contribution is -0.120. The van der Waals surface area contributed by atoms with Crippen molar-refractivity contribution in [1.82, 2.24) is 15.2 Å². The molecule has 27 heavy (non-hydrogen) atoms. The van der Waals surface area contributed by atoms with E-state index in [9.17, 15) is 4.79 Å². The third-order valence-electron chi connectivity index (χ3n) is 3.58. The average molecular weight is 403 g/mol. The highest BCUT2D eigenvalue weighted by Gasteiger charge is 2.22. The average Bonchev–Trinajstić information content (AvgIpc) is 3.16. The van der Waals surface area contributed by atoms with Crippen molar-refractivity contribution in [3.8, 4) is 16.3 Å². The number of halogens is 1.